The zero-order valence-electron chi connectivity index (χ0n) is 20.9. The summed E-state index contributed by atoms with van der Waals surface area (Å²) in [6, 6.07) is 27.3. The largest absolute Gasteiger partial charge is 0.423 e. The van der Waals surface area contributed by atoms with Gasteiger partial charge in [-0.05, 0) is 60.7 Å². The number of esters is 2. The molecule has 0 aromatic heterocycles. The van der Waals surface area contributed by atoms with Gasteiger partial charge in [-0.2, -0.15) is 5.10 Å². The Morgan fingerprint density at radius 2 is 1.32 bits per heavy atom. The summed E-state index contributed by atoms with van der Waals surface area (Å²) in [5, 5.41) is 6.85. The minimum absolute atomic E-state index is 0.0428. The van der Waals surface area contributed by atoms with Gasteiger partial charge in [-0.25, -0.2) is 15.0 Å². The quantitative estimate of drug-likeness (QED) is 0.134. The van der Waals surface area contributed by atoms with E-state index >= 15 is 0 Å². The Labute approximate surface area is 234 Å². The number of nitrogens with one attached hydrogen (secondary N) is 2. The molecule has 0 fully saturated rings. The average Bonchev–Trinajstić information content (AvgIpc) is 2.98. The first-order valence-corrected chi connectivity index (χ1v) is 12.3. The monoisotopic (exact) mass is 555 g/mol. The molecule has 4 aromatic rings. The summed E-state index contributed by atoms with van der Waals surface area (Å²) in [5.74, 6) is -2.09. The van der Waals surface area contributed by atoms with Crippen molar-refractivity contribution in [1.29, 1.82) is 0 Å². The Hall–Kier alpha value is -5.28. The van der Waals surface area contributed by atoms with Crippen LogP contribution in [-0.4, -0.2) is 36.5 Å². The van der Waals surface area contributed by atoms with Crippen molar-refractivity contribution < 1.29 is 28.7 Å². The van der Waals surface area contributed by atoms with E-state index in [1.807, 2.05) is 0 Å². The van der Waals surface area contributed by atoms with Gasteiger partial charge >= 0.3 is 11.9 Å². The van der Waals surface area contributed by atoms with Crippen LogP contribution in [0.25, 0.3) is 0 Å². The summed E-state index contributed by atoms with van der Waals surface area (Å²) in [6.45, 7) is -0.330. The molecule has 0 spiro atoms. The van der Waals surface area contributed by atoms with E-state index in [1.165, 1.54) is 36.5 Å². The van der Waals surface area contributed by atoms with E-state index < -0.39 is 23.8 Å². The number of carbonyl (C=O) groups excluding carboxylic acids is 4. The number of hydrazone groups is 1. The second-order valence-corrected chi connectivity index (χ2v) is 8.63. The number of hydrogen-bond acceptors (Lipinski definition) is 7. The molecule has 0 heterocycles. The van der Waals surface area contributed by atoms with Crippen molar-refractivity contribution in [2.75, 3.05) is 6.54 Å². The number of nitrogens with zero attached hydrogens (tertiary/aromatic N) is 1. The summed E-state index contributed by atoms with van der Waals surface area (Å²) < 4.78 is 11.0. The fourth-order valence-electron chi connectivity index (χ4n) is 3.32. The standard InChI is InChI=1S/C30H22ClN3O6/c31-24-14-11-20(12-15-24)28(36)32-19-27(35)34-33-18-23-13-16-25(39-29(37)21-7-3-1-4-8-21)17-26(23)40-30(38)22-9-5-2-6-10-22/h1-18H,19H2,(H,32,36)(H,34,35). The van der Waals surface area contributed by atoms with Crippen molar-refractivity contribution in [2.24, 2.45) is 5.10 Å². The van der Waals surface area contributed by atoms with Gasteiger partial charge in [0.1, 0.15) is 11.5 Å². The maximum atomic E-state index is 12.7. The van der Waals surface area contributed by atoms with Crippen molar-refractivity contribution in [3.05, 3.63) is 130 Å². The Morgan fingerprint density at radius 1 is 0.725 bits per heavy atom. The van der Waals surface area contributed by atoms with Crippen LogP contribution in [0, 0.1) is 0 Å². The van der Waals surface area contributed by atoms with E-state index in [4.69, 9.17) is 21.1 Å². The van der Waals surface area contributed by atoms with Crippen LogP contribution in [0.1, 0.15) is 36.6 Å². The smallest absolute Gasteiger partial charge is 0.343 e. The molecule has 0 bridgehead atoms. The molecule has 200 valence electrons. The first kappa shape index (κ1) is 27.7. The molecule has 0 aliphatic heterocycles. The van der Waals surface area contributed by atoms with E-state index in [1.54, 1.807) is 72.8 Å². The lowest BCUT2D eigenvalue weighted by atomic mass is 10.2. The van der Waals surface area contributed by atoms with Crippen LogP contribution >= 0.6 is 11.6 Å². The van der Waals surface area contributed by atoms with E-state index in [9.17, 15) is 19.2 Å². The predicted octanol–water partition coefficient (Wildman–Crippen LogP) is 4.66. The molecular weight excluding hydrogens is 534 g/mol. The molecule has 2 amide bonds. The van der Waals surface area contributed by atoms with Gasteiger partial charge in [0.15, 0.2) is 0 Å². The van der Waals surface area contributed by atoms with Gasteiger partial charge in [-0.15, -0.1) is 0 Å². The summed E-state index contributed by atoms with van der Waals surface area (Å²) in [5.41, 5.74) is 3.61. The van der Waals surface area contributed by atoms with Crippen LogP contribution in [0.3, 0.4) is 0 Å². The number of hydrogen-bond donors (Lipinski definition) is 2. The Morgan fingerprint density at radius 3 is 1.95 bits per heavy atom. The van der Waals surface area contributed by atoms with Crippen molar-refractivity contribution in [2.45, 2.75) is 0 Å². The molecule has 0 unspecified atom stereocenters. The molecule has 0 aliphatic carbocycles. The second-order valence-electron chi connectivity index (χ2n) is 8.19. The average molecular weight is 556 g/mol. The van der Waals surface area contributed by atoms with Gasteiger partial charge in [-0.1, -0.05) is 48.0 Å². The van der Waals surface area contributed by atoms with Crippen LogP contribution in [0.5, 0.6) is 11.5 Å². The highest BCUT2D eigenvalue weighted by Crippen LogP contribution is 2.26. The van der Waals surface area contributed by atoms with Gasteiger partial charge < -0.3 is 14.8 Å². The highest BCUT2D eigenvalue weighted by Gasteiger charge is 2.15. The van der Waals surface area contributed by atoms with Crippen LogP contribution in [-0.2, 0) is 4.79 Å². The van der Waals surface area contributed by atoms with Gasteiger partial charge in [0.25, 0.3) is 11.8 Å². The van der Waals surface area contributed by atoms with Gasteiger partial charge in [0, 0.05) is 22.2 Å². The molecule has 0 saturated heterocycles. The van der Waals surface area contributed by atoms with Crippen LogP contribution in [0.4, 0.5) is 0 Å². The third-order valence-electron chi connectivity index (χ3n) is 5.33. The van der Waals surface area contributed by atoms with Gasteiger partial charge in [0.05, 0.1) is 23.9 Å². The Bertz CT molecular complexity index is 1540. The zero-order chi connectivity index (χ0) is 28.3. The number of halogens is 1. The summed E-state index contributed by atoms with van der Waals surface area (Å²) >= 11 is 5.82. The van der Waals surface area contributed by atoms with E-state index in [0.717, 1.165) is 0 Å². The minimum Gasteiger partial charge on any atom is -0.423 e. The maximum Gasteiger partial charge on any atom is 0.343 e. The first-order valence-electron chi connectivity index (χ1n) is 11.9. The Balaban J connectivity index is 1.44. The van der Waals surface area contributed by atoms with Crippen LogP contribution in [0.15, 0.2) is 108 Å². The lowest BCUT2D eigenvalue weighted by Gasteiger charge is -2.10. The SMILES string of the molecule is O=C(CNC(=O)c1ccc(Cl)cc1)NN=Cc1ccc(OC(=O)c2ccccc2)cc1OC(=O)c1ccccc1. The molecule has 10 heteroatoms. The topological polar surface area (TPSA) is 123 Å². The summed E-state index contributed by atoms with van der Waals surface area (Å²) in [7, 11) is 0. The van der Waals surface area contributed by atoms with Crippen molar-refractivity contribution >= 4 is 41.6 Å². The molecule has 4 rings (SSSR count). The van der Waals surface area contributed by atoms with Crippen LogP contribution in [0.2, 0.25) is 5.02 Å². The molecule has 4 aromatic carbocycles. The summed E-state index contributed by atoms with van der Waals surface area (Å²) in [6.07, 6.45) is 1.26. The minimum atomic E-state index is -0.643. The Kier molecular flexibility index (Phi) is 9.36. The van der Waals surface area contributed by atoms with Crippen molar-refractivity contribution in [3.63, 3.8) is 0 Å². The molecule has 40 heavy (non-hydrogen) atoms. The summed E-state index contributed by atoms with van der Waals surface area (Å²) in [4.78, 5) is 49.5. The normalized spacial score (nSPS) is 10.5. The van der Waals surface area contributed by atoms with Gasteiger partial charge in [0.2, 0.25) is 0 Å². The third kappa shape index (κ3) is 7.86. The third-order valence-corrected chi connectivity index (χ3v) is 5.58. The lowest BCUT2D eigenvalue weighted by Crippen LogP contribution is -2.34. The molecule has 0 radical (unpaired) electrons. The number of benzene rings is 4. The number of carbonyl (C=O) groups is 4. The van der Waals surface area contributed by atoms with E-state index in [-0.39, 0.29) is 18.0 Å². The molecule has 9 nitrogen and oxygen atoms in total. The number of rotatable bonds is 9. The maximum absolute atomic E-state index is 12.7. The fourth-order valence-corrected chi connectivity index (χ4v) is 3.45. The number of ether oxygens (including phenoxy) is 2. The van der Waals surface area contributed by atoms with E-state index in [0.29, 0.717) is 27.3 Å². The van der Waals surface area contributed by atoms with Crippen molar-refractivity contribution in [1.82, 2.24) is 10.7 Å². The highest BCUT2D eigenvalue weighted by atomic mass is 35.5. The van der Waals surface area contributed by atoms with E-state index in [2.05, 4.69) is 15.8 Å². The molecule has 2 N–H and O–H groups in total. The van der Waals surface area contributed by atoms with Crippen LogP contribution < -0.4 is 20.2 Å². The lowest BCUT2D eigenvalue weighted by molar-refractivity contribution is -0.120. The zero-order valence-corrected chi connectivity index (χ0v) is 21.6. The fraction of sp³-hybridized carbons (Fsp3) is 0.0333. The highest BCUT2D eigenvalue weighted by molar-refractivity contribution is 6.30. The molecule has 0 atom stereocenters. The molecule has 0 aliphatic rings. The molecule has 0 saturated carbocycles. The van der Waals surface area contributed by atoms with Gasteiger partial charge in [-0.3, -0.25) is 9.59 Å². The van der Waals surface area contributed by atoms with Crippen molar-refractivity contribution in [3.8, 4) is 11.5 Å². The predicted molar refractivity (Wildman–Crippen MR) is 149 cm³/mol. The number of amides is 2. The second kappa shape index (κ2) is 13.5. The molecular formula is C30H22ClN3O6. The first-order chi connectivity index (χ1) is 19.4.